The highest BCUT2D eigenvalue weighted by molar-refractivity contribution is 6.16. The summed E-state index contributed by atoms with van der Waals surface area (Å²) in [4.78, 5) is 30.2. The highest BCUT2D eigenvalue weighted by Gasteiger charge is 2.44. The molecule has 5 heteroatoms. The second-order valence-electron chi connectivity index (χ2n) is 9.37. The standard InChI is InChI=1S/C28H36N2O3/c1-7-29(8-2)22-13-11-21(12-14-22)26-25(24(31)17-18(3)4)27(32)28(33)30(26)23-15-9-20(10-16-23)19(5)6/h9-16,18-19,26,32H,7-8,17H2,1-6H3. The summed E-state index contributed by atoms with van der Waals surface area (Å²) in [6.45, 7) is 14.2. The van der Waals surface area contributed by atoms with Crippen molar-refractivity contribution in [2.45, 2.75) is 59.9 Å². The number of benzene rings is 2. The molecule has 0 spiro atoms. The van der Waals surface area contributed by atoms with E-state index in [0.717, 1.165) is 24.3 Å². The lowest BCUT2D eigenvalue weighted by Gasteiger charge is -2.28. The van der Waals surface area contributed by atoms with Crippen molar-refractivity contribution < 1.29 is 14.7 Å². The summed E-state index contributed by atoms with van der Waals surface area (Å²) in [5, 5.41) is 10.8. The smallest absolute Gasteiger partial charge is 0.294 e. The first-order valence-corrected chi connectivity index (χ1v) is 11.9. The van der Waals surface area contributed by atoms with E-state index in [1.54, 1.807) is 4.90 Å². The van der Waals surface area contributed by atoms with Gasteiger partial charge in [-0.25, -0.2) is 0 Å². The van der Waals surface area contributed by atoms with Crippen LogP contribution in [0.2, 0.25) is 0 Å². The molecule has 0 radical (unpaired) electrons. The average molecular weight is 449 g/mol. The van der Waals surface area contributed by atoms with Crippen molar-refractivity contribution in [3.8, 4) is 0 Å². The molecule has 0 saturated heterocycles. The van der Waals surface area contributed by atoms with Gasteiger partial charge in [-0.15, -0.1) is 0 Å². The third kappa shape index (κ3) is 4.97. The quantitative estimate of drug-likeness (QED) is 0.498. The maximum absolute atomic E-state index is 13.2. The zero-order chi connectivity index (χ0) is 24.3. The maximum Gasteiger partial charge on any atom is 0.294 e. The fourth-order valence-electron chi connectivity index (χ4n) is 4.43. The molecule has 5 nitrogen and oxygen atoms in total. The van der Waals surface area contributed by atoms with Crippen LogP contribution in [-0.2, 0) is 9.59 Å². The molecule has 1 N–H and O–H groups in total. The predicted molar refractivity (Wildman–Crippen MR) is 135 cm³/mol. The number of aliphatic hydroxyl groups excluding tert-OH is 1. The van der Waals surface area contributed by atoms with E-state index in [-0.39, 0.29) is 23.7 Å². The number of nitrogens with zero attached hydrogens (tertiary/aromatic N) is 2. The van der Waals surface area contributed by atoms with E-state index in [1.165, 1.54) is 5.56 Å². The van der Waals surface area contributed by atoms with Crippen LogP contribution < -0.4 is 9.80 Å². The maximum atomic E-state index is 13.2. The fourth-order valence-corrected chi connectivity index (χ4v) is 4.43. The normalized spacial score (nSPS) is 16.3. The summed E-state index contributed by atoms with van der Waals surface area (Å²) < 4.78 is 0. The number of carbonyl (C=O) groups excluding carboxylic acids is 2. The Bertz CT molecular complexity index is 1020. The topological polar surface area (TPSA) is 60.9 Å². The van der Waals surface area contributed by atoms with Gasteiger partial charge < -0.3 is 10.0 Å². The Morgan fingerprint density at radius 3 is 2.03 bits per heavy atom. The van der Waals surface area contributed by atoms with E-state index < -0.39 is 17.7 Å². The van der Waals surface area contributed by atoms with E-state index in [9.17, 15) is 14.7 Å². The average Bonchev–Trinajstić information content (AvgIpc) is 3.05. The molecule has 1 atom stereocenters. The van der Waals surface area contributed by atoms with Crippen LogP contribution in [0.25, 0.3) is 0 Å². The summed E-state index contributed by atoms with van der Waals surface area (Å²) in [6.07, 6.45) is 0.279. The SMILES string of the molecule is CCN(CC)c1ccc(C2C(C(=O)CC(C)C)=C(O)C(=O)N2c2ccc(C(C)C)cc2)cc1. The van der Waals surface area contributed by atoms with Crippen molar-refractivity contribution in [3.05, 3.63) is 71.0 Å². The minimum Gasteiger partial charge on any atom is -0.503 e. The number of anilines is 2. The predicted octanol–water partition coefficient (Wildman–Crippen LogP) is 6.17. The molecule has 0 saturated carbocycles. The summed E-state index contributed by atoms with van der Waals surface area (Å²) >= 11 is 0. The van der Waals surface area contributed by atoms with Crippen molar-refractivity contribution in [1.82, 2.24) is 0 Å². The van der Waals surface area contributed by atoms with Gasteiger partial charge in [-0.05, 0) is 61.1 Å². The van der Waals surface area contributed by atoms with E-state index in [2.05, 4.69) is 32.6 Å². The molecule has 2 aromatic carbocycles. The fraction of sp³-hybridized carbons (Fsp3) is 0.429. The number of rotatable bonds is 9. The summed E-state index contributed by atoms with van der Waals surface area (Å²) in [6, 6.07) is 15.1. The van der Waals surface area contributed by atoms with Crippen LogP contribution >= 0.6 is 0 Å². The van der Waals surface area contributed by atoms with Crippen molar-refractivity contribution in [2.24, 2.45) is 5.92 Å². The first-order chi connectivity index (χ1) is 15.7. The molecule has 0 aromatic heterocycles. The molecule has 1 heterocycles. The molecular weight excluding hydrogens is 412 g/mol. The first kappa shape index (κ1) is 24.6. The lowest BCUT2D eigenvalue weighted by Crippen LogP contribution is -2.31. The van der Waals surface area contributed by atoms with E-state index >= 15 is 0 Å². The van der Waals surface area contributed by atoms with E-state index in [4.69, 9.17) is 0 Å². The van der Waals surface area contributed by atoms with Gasteiger partial charge in [-0.1, -0.05) is 52.0 Å². The van der Waals surface area contributed by atoms with E-state index in [1.807, 2.05) is 62.4 Å². The van der Waals surface area contributed by atoms with Gasteiger partial charge in [0.1, 0.15) is 0 Å². The Morgan fingerprint density at radius 1 is 0.970 bits per heavy atom. The lowest BCUT2D eigenvalue weighted by atomic mass is 9.91. The largest absolute Gasteiger partial charge is 0.503 e. The number of hydrogen-bond donors (Lipinski definition) is 1. The van der Waals surface area contributed by atoms with Crippen molar-refractivity contribution in [2.75, 3.05) is 22.9 Å². The molecule has 33 heavy (non-hydrogen) atoms. The number of Topliss-reactive ketones (excluding diaryl/α,β-unsaturated/α-hetero) is 1. The van der Waals surface area contributed by atoms with Gasteiger partial charge >= 0.3 is 0 Å². The number of aliphatic hydroxyl groups is 1. The van der Waals surface area contributed by atoms with Crippen LogP contribution in [0.5, 0.6) is 0 Å². The van der Waals surface area contributed by atoms with Crippen molar-refractivity contribution >= 4 is 23.1 Å². The van der Waals surface area contributed by atoms with Gasteiger partial charge in [-0.3, -0.25) is 14.5 Å². The highest BCUT2D eigenvalue weighted by atomic mass is 16.3. The second-order valence-corrected chi connectivity index (χ2v) is 9.37. The van der Waals surface area contributed by atoms with Gasteiger partial charge in [0.15, 0.2) is 11.5 Å². The zero-order valence-corrected chi connectivity index (χ0v) is 20.6. The summed E-state index contributed by atoms with van der Waals surface area (Å²) in [5.74, 6) is -0.664. The first-order valence-electron chi connectivity index (χ1n) is 11.9. The van der Waals surface area contributed by atoms with E-state index in [0.29, 0.717) is 11.6 Å². The molecule has 1 aliphatic heterocycles. The van der Waals surface area contributed by atoms with Crippen LogP contribution in [0, 0.1) is 5.92 Å². The van der Waals surface area contributed by atoms with Crippen LogP contribution in [0.15, 0.2) is 59.9 Å². The van der Waals surface area contributed by atoms with Gasteiger partial charge in [0, 0.05) is 30.9 Å². The molecule has 3 rings (SSSR count). The Labute approximate surface area is 197 Å². The third-order valence-electron chi connectivity index (χ3n) is 6.28. The van der Waals surface area contributed by atoms with Crippen molar-refractivity contribution in [3.63, 3.8) is 0 Å². The van der Waals surface area contributed by atoms with Crippen LogP contribution in [0.1, 0.15) is 71.0 Å². The van der Waals surface area contributed by atoms with Crippen LogP contribution in [0.3, 0.4) is 0 Å². The minimum atomic E-state index is -0.653. The minimum absolute atomic E-state index is 0.123. The molecule has 1 aliphatic rings. The van der Waals surface area contributed by atoms with Gasteiger partial charge in [-0.2, -0.15) is 0 Å². The van der Waals surface area contributed by atoms with Gasteiger partial charge in [0.05, 0.1) is 11.6 Å². The second kappa shape index (κ2) is 10.2. The van der Waals surface area contributed by atoms with Gasteiger partial charge in [0.25, 0.3) is 5.91 Å². The number of ketones is 1. The number of amides is 1. The lowest BCUT2D eigenvalue weighted by molar-refractivity contribution is -0.118. The monoisotopic (exact) mass is 448 g/mol. The zero-order valence-electron chi connectivity index (χ0n) is 20.6. The molecule has 0 aliphatic carbocycles. The molecule has 1 amide bonds. The Hall–Kier alpha value is -3.08. The molecular formula is C28H36N2O3. The Balaban J connectivity index is 2.09. The highest BCUT2D eigenvalue weighted by Crippen LogP contribution is 2.42. The molecule has 2 aromatic rings. The van der Waals surface area contributed by atoms with Crippen LogP contribution in [0.4, 0.5) is 11.4 Å². The Kier molecular flexibility index (Phi) is 7.62. The molecule has 1 unspecified atom stereocenters. The Morgan fingerprint density at radius 2 is 1.55 bits per heavy atom. The molecule has 176 valence electrons. The van der Waals surface area contributed by atoms with Crippen molar-refractivity contribution in [1.29, 1.82) is 0 Å². The number of carbonyl (C=O) groups is 2. The van der Waals surface area contributed by atoms with Crippen LogP contribution in [-0.4, -0.2) is 29.9 Å². The van der Waals surface area contributed by atoms with Gasteiger partial charge in [0.2, 0.25) is 0 Å². The summed E-state index contributed by atoms with van der Waals surface area (Å²) in [5.41, 5.74) is 3.92. The molecule has 0 bridgehead atoms. The molecule has 0 fully saturated rings. The number of hydrogen-bond acceptors (Lipinski definition) is 4. The summed E-state index contributed by atoms with van der Waals surface area (Å²) in [7, 11) is 0. The third-order valence-corrected chi connectivity index (χ3v) is 6.28.